The number of thiophene rings is 1. The number of morpholine rings is 1. The molecule has 20 heavy (non-hydrogen) atoms. The zero-order valence-electron chi connectivity index (χ0n) is 11.6. The molecule has 0 aromatic carbocycles. The van der Waals surface area contributed by atoms with E-state index < -0.39 is 6.04 Å². The minimum atomic E-state index is -0.570. The van der Waals surface area contributed by atoms with E-state index in [-0.39, 0.29) is 18.4 Å². The zero-order valence-corrected chi connectivity index (χ0v) is 12.5. The molecule has 2 rings (SSSR count). The molecular weight excluding hydrogens is 278 g/mol. The van der Waals surface area contributed by atoms with Crippen LogP contribution >= 0.6 is 11.3 Å². The molecule has 0 aliphatic carbocycles. The van der Waals surface area contributed by atoms with E-state index in [1.807, 2.05) is 13.8 Å². The number of nitrogens with two attached hydrogens (primary N) is 1. The van der Waals surface area contributed by atoms with Crippen molar-refractivity contribution >= 4 is 28.8 Å². The van der Waals surface area contributed by atoms with Crippen molar-refractivity contribution < 1.29 is 14.3 Å². The van der Waals surface area contributed by atoms with Crippen LogP contribution in [0.5, 0.6) is 0 Å². The zero-order chi connectivity index (χ0) is 14.7. The number of aryl methyl sites for hydroxylation is 1. The van der Waals surface area contributed by atoms with Gasteiger partial charge < -0.3 is 20.7 Å². The summed E-state index contributed by atoms with van der Waals surface area (Å²) in [7, 11) is 0. The minimum Gasteiger partial charge on any atom is -0.398 e. The molecule has 1 aliphatic rings. The molecule has 1 aromatic rings. The Bertz CT molecular complexity index is 495. The summed E-state index contributed by atoms with van der Waals surface area (Å²) in [4.78, 5) is 27.6. The van der Waals surface area contributed by atoms with E-state index in [1.165, 1.54) is 11.3 Å². The van der Waals surface area contributed by atoms with Gasteiger partial charge in [-0.25, -0.2) is 0 Å². The van der Waals surface area contributed by atoms with E-state index in [2.05, 4.69) is 5.32 Å². The summed E-state index contributed by atoms with van der Waals surface area (Å²) in [6.07, 6.45) is 0. The maximum Gasteiger partial charge on any atom is 0.264 e. The summed E-state index contributed by atoms with van der Waals surface area (Å²) < 4.78 is 5.32. The summed E-state index contributed by atoms with van der Waals surface area (Å²) in [5.74, 6) is -0.337. The molecule has 110 valence electrons. The molecule has 6 nitrogen and oxygen atoms in total. The van der Waals surface area contributed by atoms with Gasteiger partial charge >= 0.3 is 0 Å². The Morgan fingerprint density at radius 1 is 1.60 bits per heavy atom. The highest BCUT2D eigenvalue weighted by molar-refractivity contribution is 7.14. The molecule has 2 amide bonds. The molecule has 0 saturated carbocycles. The first kappa shape index (κ1) is 14.8. The third-order valence-electron chi connectivity index (χ3n) is 3.21. The number of anilines is 1. The molecule has 1 unspecified atom stereocenters. The molecule has 3 N–H and O–H groups in total. The van der Waals surface area contributed by atoms with E-state index in [0.29, 0.717) is 30.3 Å². The maximum atomic E-state index is 12.5. The van der Waals surface area contributed by atoms with E-state index in [4.69, 9.17) is 10.5 Å². The Labute approximate surface area is 121 Å². The van der Waals surface area contributed by atoms with Crippen molar-refractivity contribution in [3.63, 3.8) is 0 Å². The standard InChI is InChI=1S/C13H19N3O3S/c1-3-15-12(17)10-7-19-5-4-16(10)13(18)11-6-9(14)8(2)20-11/h6,10H,3-5,7,14H2,1-2H3,(H,15,17). The molecule has 0 spiro atoms. The first-order valence-corrected chi connectivity index (χ1v) is 7.38. The van der Waals surface area contributed by atoms with Gasteiger partial charge in [-0.3, -0.25) is 9.59 Å². The fourth-order valence-electron chi connectivity index (χ4n) is 2.10. The normalized spacial score (nSPS) is 18.9. The van der Waals surface area contributed by atoms with Gasteiger partial charge in [0, 0.05) is 23.7 Å². The number of amides is 2. The van der Waals surface area contributed by atoms with Crippen molar-refractivity contribution in [3.05, 3.63) is 15.8 Å². The SMILES string of the molecule is CCNC(=O)C1COCCN1C(=O)c1cc(N)c(C)s1. The number of hydrogen-bond acceptors (Lipinski definition) is 5. The van der Waals surface area contributed by atoms with Gasteiger partial charge in [0.05, 0.1) is 18.1 Å². The molecule has 1 atom stereocenters. The van der Waals surface area contributed by atoms with Crippen LogP contribution in [0.3, 0.4) is 0 Å². The number of hydrogen-bond donors (Lipinski definition) is 2. The number of ether oxygens (including phenoxy) is 1. The van der Waals surface area contributed by atoms with Gasteiger partial charge in [-0.1, -0.05) is 0 Å². The molecular formula is C13H19N3O3S. The summed E-state index contributed by atoms with van der Waals surface area (Å²) >= 11 is 1.35. The van der Waals surface area contributed by atoms with Crippen LogP contribution in [0, 0.1) is 6.92 Å². The van der Waals surface area contributed by atoms with Gasteiger partial charge in [-0.2, -0.15) is 0 Å². The Morgan fingerprint density at radius 2 is 2.35 bits per heavy atom. The van der Waals surface area contributed by atoms with Gasteiger partial charge in [-0.05, 0) is 19.9 Å². The number of nitrogen functional groups attached to an aromatic ring is 1. The Morgan fingerprint density at radius 3 is 2.95 bits per heavy atom. The number of rotatable bonds is 3. The summed E-state index contributed by atoms with van der Waals surface area (Å²) in [5, 5.41) is 2.73. The number of carbonyl (C=O) groups is 2. The molecule has 7 heteroatoms. The second kappa shape index (κ2) is 6.23. The van der Waals surface area contributed by atoms with Crippen molar-refractivity contribution in [1.29, 1.82) is 0 Å². The largest absolute Gasteiger partial charge is 0.398 e. The third kappa shape index (κ3) is 2.94. The monoisotopic (exact) mass is 297 g/mol. The van der Waals surface area contributed by atoms with Crippen molar-refractivity contribution in [3.8, 4) is 0 Å². The predicted octanol–water partition coefficient (Wildman–Crippen LogP) is 0.616. The topological polar surface area (TPSA) is 84.7 Å². The van der Waals surface area contributed by atoms with Crippen LogP contribution in [0.2, 0.25) is 0 Å². The summed E-state index contributed by atoms with van der Waals surface area (Å²) in [5.41, 5.74) is 6.40. The lowest BCUT2D eigenvalue weighted by molar-refractivity contribution is -0.130. The smallest absolute Gasteiger partial charge is 0.264 e. The van der Waals surface area contributed by atoms with E-state index in [1.54, 1.807) is 11.0 Å². The van der Waals surface area contributed by atoms with Crippen LogP contribution in [-0.2, 0) is 9.53 Å². The number of carbonyl (C=O) groups excluding carboxylic acids is 2. The minimum absolute atomic E-state index is 0.158. The van der Waals surface area contributed by atoms with Gasteiger partial charge in [0.15, 0.2) is 0 Å². The Hall–Kier alpha value is -1.60. The Balaban J connectivity index is 2.19. The molecule has 1 saturated heterocycles. The van der Waals surface area contributed by atoms with Gasteiger partial charge in [0.1, 0.15) is 6.04 Å². The van der Waals surface area contributed by atoms with Crippen molar-refractivity contribution in [1.82, 2.24) is 10.2 Å². The molecule has 1 aromatic heterocycles. The van der Waals surface area contributed by atoms with E-state index in [9.17, 15) is 9.59 Å². The fraction of sp³-hybridized carbons (Fsp3) is 0.538. The van der Waals surface area contributed by atoms with Crippen molar-refractivity contribution in [2.24, 2.45) is 0 Å². The van der Waals surface area contributed by atoms with Crippen molar-refractivity contribution in [2.45, 2.75) is 19.9 Å². The Kier molecular flexibility index (Phi) is 4.61. The fourth-order valence-corrected chi connectivity index (χ4v) is 3.00. The number of nitrogens with one attached hydrogen (secondary N) is 1. The lowest BCUT2D eigenvalue weighted by atomic mass is 10.2. The highest BCUT2D eigenvalue weighted by Gasteiger charge is 2.33. The molecule has 0 radical (unpaired) electrons. The van der Waals surface area contributed by atoms with Crippen LogP contribution in [0.4, 0.5) is 5.69 Å². The average Bonchev–Trinajstić information content (AvgIpc) is 2.78. The van der Waals surface area contributed by atoms with E-state index >= 15 is 0 Å². The lowest BCUT2D eigenvalue weighted by Gasteiger charge is -2.34. The third-order valence-corrected chi connectivity index (χ3v) is 4.26. The van der Waals surface area contributed by atoms with Crippen LogP contribution in [0.25, 0.3) is 0 Å². The first-order valence-electron chi connectivity index (χ1n) is 6.57. The molecule has 0 bridgehead atoms. The number of nitrogens with zero attached hydrogens (tertiary/aromatic N) is 1. The summed E-state index contributed by atoms with van der Waals surface area (Å²) in [6.45, 7) is 5.34. The van der Waals surface area contributed by atoms with Gasteiger partial charge in [0.25, 0.3) is 5.91 Å². The first-order chi connectivity index (χ1) is 9.54. The van der Waals surface area contributed by atoms with Crippen LogP contribution < -0.4 is 11.1 Å². The molecule has 1 fully saturated rings. The van der Waals surface area contributed by atoms with Crippen LogP contribution in [0.1, 0.15) is 21.5 Å². The van der Waals surface area contributed by atoms with Gasteiger partial charge in [-0.15, -0.1) is 11.3 Å². The highest BCUT2D eigenvalue weighted by Crippen LogP contribution is 2.25. The summed E-state index contributed by atoms with van der Waals surface area (Å²) in [6, 6.07) is 1.10. The second-order valence-corrected chi connectivity index (χ2v) is 5.86. The quantitative estimate of drug-likeness (QED) is 0.856. The molecule has 2 heterocycles. The van der Waals surface area contributed by atoms with Crippen LogP contribution in [0.15, 0.2) is 6.07 Å². The lowest BCUT2D eigenvalue weighted by Crippen LogP contribution is -2.55. The average molecular weight is 297 g/mol. The highest BCUT2D eigenvalue weighted by atomic mass is 32.1. The molecule has 1 aliphatic heterocycles. The van der Waals surface area contributed by atoms with E-state index in [0.717, 1.165) is 4.88 Å². The number of likely N-dealkylation sites (N-methyl/N-ethyl adjacent to an activating group) is 1. The second-order valence-electron chi connectivity index (χ2n) is 4.61. The van der Waals surface area contributed by atoms with Crippen LogP contribution in [-0.4, -0.2) is 49.1 Å². The predicted molar refractivity (Wildman–Crippen MR) is 77.8 cm³/mol. The maximum absolute atomic E-state index is 12.5. The van der Waals surface area contributed by atoms with Gasteiger partial charge in [0.2, 0.25) is 5.91 Å². The van der Waals surface area contributed by atoms with Crippen molar-refractivity contribution in [2.75, 3.05) is 32.0 Å².